The molecule has 1 saturated heterocycles. The Kier molecular flexibility index (Phi) is 3.63. The van der Waals surface area contributed by atoms with Gasteiger partial charge in [0.25, 0.3) is 0 Å². The van der Waals surface area contributed by atoms with Gasteiger partial charge >= 0.3 is 0 Å². The highest BCUT2D eigenvalue weighted by molar-refractivity contribution is 4.94. The molecule has 1 saturated carbocycles. The first kappa shape index (κ1) is 12.4. The van der Waals surface area contributed by atoms with E-state index in [1.807, 2.05) is 0 Å². The van der Waals surface area contributed by atoms with Gasteiger partial charge in [0.1, 0.15) is 0 Å². The van der Waals surface area contributed by atoms with Crippen molar-refractivity contribution in [1.29, 1.82) is 0 Å². The second-order valence-corrected chi connectivity index (χ2v) is 6.81. The van der Waals surface area contributed by atoms with Crippen LogP contribution >= 0.6 is 0 Å². The van der Waals surface area contributed by atoms with Gasteiger partial charge in [-0.2, -0.15) is 0 Å². The van der Waals surface area contributed by atoms with Crippen molar-refractivity contribution in [3.05, 3.63) is 0 Å². The molecular formula is C15H28O. The van der Waals surface area contributed by atoms with E-state index in [0.29, 0.717) is 5.41 Å². The number of hydrogen-bond acceptors (Lipinski definition) is 1. The predicted octanol–water partition coefficient (Wildman–Crippen LogP) is 4.55. The number of rotatable bonds is 2. The zero-order chi connectivity index (χ0) is 11.6. The van der Waals surface area contributed by atoms with Crippen LogP contribution in [0.5, 0.6) is 0 Å². The maximum Gasteiger partial charge on any atom is 0.0632 e. The zero-order valence-corrected chi connectivity index (χ0v) is 11.3. The van der Waals surface area contributed by atoms with E-state index in [1.54, 1.807) is 0 Å². The van der Waals surface area contributed by atoms with Crippen LogP contribution in [0.3, 0.4) is 0 Å². The summed E-state index contributed by atoms with van der Waals surface area (Å²) < 4.78 is 5.98. The zero-order valence-electron chi connectivity index (χ0n) is 11.3. The van der Waals surface area contributed by atoms with Crippen LogP contribution in [0.15, 0.2) is 0 Å². The van der Waals surface area contributed by atoms with Crippen molar-refractivity contribution in [2.75, 3.05) is 6.61 Å². The molecule has 0 bridgehead atoms. The Morgan fingerprint density at radius 2 is 2.00 bits per heavy atom. The third kappa shape index (κ3) is 2.80. The Morgan fingerprint density at radius 1 is 1.19 bits per heavy atom. The average Bonchev–Trinajstić information content (AvgIpc) is 2.40. The van der Waals surface area contributed by atoms with Crippen LogP contribution in [0.1, 0.15) is 72.1 Å². The maximum atomic E-state index is 5.98. The Balaban J connectivity index is 1.93. The lowest BCUT2D eigenvalue weighted by molar-refractivity contribution is 0.0301. The summed E-state index contributed by atoms with van der Waals surface area (Å²) in [6.45, 7) is 7.87. The summed E-state index contributed by atoms with van der Waals surface area (Å²) in [4.78, 5) is 0. The molecule has 16 heavy (non-hydrogen) atoms. The van der Waals surface area contributed by atoms with Crippen LogP contribution < -0.4 is 0 Å². The molecule has 94 valence electrons. The molecule has 2 aliphatic rings. The summed E-state index contributed by atoms with van der Waals surface area (Å²) in [7, 11) is 0. The first-order valence-corrected chi connectivity index (χ1v) is 7.19. The molecule has 2 fully saturated rings. The molecule has 1 heteroatoms. The smallest absolute Gasteiger partial charge is 0.0632 e. The number of ether oxygens (including phenoxy) is 1. The van der Waals surface area contributed by atoms with Crippen molar-refractivity contribution in [3.8, 4) is 0 Å². The fourth-order valence-electron chi connectivity index (χ4n) is 3.92. The van der Waals surface area contributed by atoms with Crippen molar-refractivity contribution in [1.82, 2.24) is 0 Å². The van der Waals surface area contributed by atoms with Gasteiger partial charge in [-0.05, 0) is 50.9 Å². The van der Waals surface area contributed by atoms with Crippen LogP contribution in [-0.4, -0.2) is 12.2 Å². The molecule has 1 aliphatic heterocycles. The lowest BCUT2D eigenvalue weighted by atomic mass is 9.76. The maximum absolute atomic E-state index is 5.98. The highest BCUT2D eigenvalue weighted by atomic mass is 16.5. The van der Waals surface area contributed by atoms with Crippen molar-refractivity contribution in [2.24, 2.45) is 11.3 Å². The molecule has 1 heterocycles. The molecule has 1 spiro atoms. The minimum Gasteiger partial charge on any atom is -0.375 e. The van der Waals surface area contributed by atoms with E-state index in [2.05, 4.69) is 20.8 Å². The van der Waals surface area contributed by atoms with Gasteiger partial charge in [0, 0.05) is 0 Å². The van der Waals surface area contributed by atoms with E-state index in [1.165, 1.54) is 51.4 Å². The molecule has 0 aromatic carbocycles. The summed E-state index contributed by atoms with van der Waals surface area (Å²) >= 11 is 0. The second-order valence-electron chi connectivity index (χ2n) is 6.81. The molecule has 2 atom stereocenters. The molecule has 2 rings (SSSR count). The lowest BCUT2D eigenvalue weighted by Gasteiger charge is -2.27. The van der Waals surface area contributed by atoms with E-state index < -0.39 is 0 Å². The molecule has 1 aliphatic carbocycles. The fraction of sp³-hybridized carbons (Fsp3) is 1.00. The summed E-state index contributed by atoms with van der Waals surface area (Å²) in [6, 6.07) is 0. The highest BCUT2D eigenvalue weighted by Gasteiger charge is 2.44. The van der Waals surface area contributed by atoms with E-state index in [9.17, 15) is 0 Å². The van der Waals surface area contributed by atoms with Gasteiger partial charge in [-0.25, -0.2) is 0 Å². The molecule has 0 aromatic heterocycles. The van der Waals surface area contributed by atoms with Gasteiger partial charge < -0.3 is 4.74 Å². The molecule has 0 radical (unpaired) electrons. The van der Waals surface area contributed by atoms with Crippen molar-refractivity contribution in [2.45, 2.75) is 77.7 Å². The Hall–Kier alpha value is -0.0400. The van der Waals surface area contributed by atoms with Crippen molar-refractivity contribution >= 4 is 0 Å². The van der Waals surface area contributed by atoms with Gasteiger partial charge in [-0.1, -0.05) is 32.6 Å². The predicted molar refractivity (Wildman–Crippen MR) is 68.6 cm³/mol. The molecule has 0 amide bonds. The Morgan fingerprint density at radius 3 is 2.62 bits per heavy atom. The van der Waals surface area contributed by atoms with Crippen molar-refractivity contribution < 1.29 is 4.74 Å². The van der Waals surface area contributed by atoms with E-state index in [-0.39, 0.29) is 5.60 Å². The highest BCUT2D eigenvalue weighted by Crippen LogP contribution is 2.49. The van der Waals surface area contributed by atoms with E-state index in [4.69, 9.17) is 4.74 Å². The minimum absolute atomic E-state index is 0.143. The minimum atomic E-state index is 0.143. The molecular weight excluding hydrogens is 196 g/mol. The van der Waals surface area contributed by atoms with Gasteiger partial charge in [-0.3, -0.25) is 0 Å². The number of hydrogen-bond donors (Lipinski definition) is 0. The molecule has 0 N–H and O–H groups in total. The van der Waals surface area contributed by atoms with Crippen LogP contribution in [0.2, 0.25) is 0 Å². The van der Waals surface area contributed by atoms with Crippen LogP contribution in [-0.2, 0) is 4.74 Å². The third-order valence-electron chi connectivity index (χ3n) is 4.67. The third-order valence-corrected chi connectivity index (χ3v) is 4.67. The molecule has 1 nitrogen and oxygen atoms in total. The fourth-order valence-corrected chi connectivity index (χ4v) is 3.92. The Bertz CT molecular complexity index is 234. The largest absolute Gasteiger partial charge is 0.375 e. The van der Waals surface area contributed by atoms with Gasteiger partial charge in [0.2, 0.25) is 0 Å². The van der Waals surface area contributed by atoms with Gasteiger partial charge in [-0.15, -0.1) is 0 Å². The summed E-state index contributed by atoms with van der Waals surface area (Å²) in [6.07, 6.45) is 11.3. The standard InChI is InChI=1S/C15H28O/c1-4-6-13-7-5-9-15(10-8-13)11-14(2,3)16-12-15/h13H,4-12H2,1-3H3. The van der Waals surface area contributed by atoms with Crippen LogP contribution in [0.4, 0.5) is 0 Å². The average molecular weight is 224 g/mol. The van der Waals surface area contributed by atoms with Crippen LogP contribution in [0, 0.1) is 11.3 Å². The van der Waals surface area contributed by atoms with E-state index in [0.717, 1.165) is 12.5 Å². The normalized spacial score (nSPS) is 38.8. The summed E-state index contributed by atoms with van der Waals surface area (Å²) in [5.74, 6) is 1.01. The van der Waals surface area contributed by atoms with Crippen LogP contribution in [0.25, 0.3) is 0 Å². The Labute approximate surface area is 101 Å². The first-order valence-electron chi connectivity index (χ1n) is 7.19. The summed E-state index contributed by atoms with van der Waals surface area (Å²) in [5, 5.41) is 0. The molecule has 0 aromatic rings. The lowest BCUT2D eigenvalue weighted by Crippen LogP contribution is -2.23. The first-order chi connectivity index (χ1) is 7.55. The van der Waals surface area contributed by atoms with Gasteiger partial charge in [0.05, 0.1) is 12.2 Å². The second kappa shape index (κ2) is 4.68. The van der Waals surface area contributed by atoms with Crippen molar-refractivity contribution in [3.63, 3.8) is 0 Å². The molecule has 2 unspecified atom stereocenters. The van der Waals surface area contributed by atoms with E-state index >= 15 is 0 Å². The summed E-state index contributed by atoms with van der Waals surface area (Å²) in [5.41, 5.74) is 0.691. The monoisotopic (exact) mass is 224 g/mol. The topological polar surface area (TPSA) is 9.23 Å². The SMILES string of the molecule is CCCC1CCCC2(CC1)COC(C)(C)C2. The quantitative estimate of drug-likeness (QED) is 0.668. The van der Waals surface area contributed by atoms with Gasteiger partial charge in [0.15, 0.2) is 0 Å².